The second-order valence-electron chi connectivity index (χ2n) is 8.66. The maximum absolute atomic E-state index is 13.3. The molecule has 1 aliphatic rings. The van der Waals surface area contributed by atoms with Crippen molar-refractivity contribution in [1.29, 1.82) is 0 Å². The summed E-state index contributed by atoms with van der Waals surface area (Å²) in [5.74, 6) is -0.854. The first-order valence-electron chi connectivity index (χ1n) is 11.3. The van der Waals surface area contributed by atoms with Crippen LogP contribution >= 0.6 is 0 Å². The number of hydrogen-bond donors (Lipinski definition) is 2. The largest absolute Gasteiger partial charge is 0.489 e. The molecule has 1 amide bonds. The lowest BCUT2D eigenvalue weighted by Crippen LogP contribution is -2.52. The van der Waals surface area contributed by atoms with Crippen molar-refractivity contribution in [1.82, 2.24) is 5.32 Å². The molecule has 1 aliphatic carbocycles. The van der Waals surface area contributed by atoms with Crippen molar-refractivity contribution in [3.63, 3.8) is 0 Å². The van der Waals surface area contributed by atoms with Crippen LogP contribution in [0.2, 0.25) is 0 Å². The van der Waals surface area contributed by atoms with Gasteiger partial charge in [0.05, 0.1) is 11.7 Å². The van der Waals surface area contributed by atoms with Gasteiger partial charge < -0.3 is 15.2 Å². The van der Waals surface area contributed by atoms with E-state index < -0.39 is 17.4 Å². The number of carbonyl (C=O) groups excluding carboxylic acids is 1. The summed E-state index contributed by atoms with van der Waals surface area (Å²) in [5, 5.41) is 14.4. The van der Waals surface area contributed by atoms with E-state index >= 15 is 0 Å². The summed E-state index contributed by atoms with van der Waals surface area (Å²) < 4.78 is 6.35. The predicted molar refractivity (Wildman–Crippen MR) is 125 cm³/mol. The molecule has 0 bridgehead atoms. The average molecular weight is 432 g/mol. The van der Waals surface area contributed by atoms with Crippen LogP contribution in [0.15, 0.2) is 66.7 Å². The quantitative estimate of drug-likeness (QED) is 0.503. The van der Waals surface area contributed by atoms with Crippen molar-refractivity contribution in [2.75, 3.05) is 0 Å². The zero-order valence-corrected chi connectivity index (χ0v) is 18.3. The highest BCUT2D eigenvalue weighted by Crippen LogP contribution is 2.34. The van der Waals surface area contributed by atoms with Gasteiger partial charge in [-0.25, -0.2) is 4.79 Å². The first-order valence-corrected chi connectivity index (χ1v) is 11.3. The third-order valence-corrected chi connectivity index (χ3v) is 6.34. The molecule has 1 fully saturated rings. The molecule has 166 valence electrons. The summed E-state index contributed by atoms with van der Waals surface area (Å²) in [4.78, 5) is 25.2. The fourth-order valence-electron chi connectivity index (χ4n) is 4.48. The van der Waals surface area contributed by atoms with E-state index in [4.69, 9.17) is 4.74 Å². The maximum atomic E-state index is 13.3. The molecule has 1 atom stereocenters. The first kappa shape index (κ1) is 21.9. The highest BCUT2D eigenvalue weighted by molar-refractivity contribution is 6.05. The number of rotatable bonds is 8. The third-order valence-electron chi connectivity index (χ3n) is 6.34. The van der Waals surface area contributed by atoms with E-state index in [1.807, 2.05) is 55.5 Å². The lowest BCUT2D eigenvalue weighted by Gasteiger charge is -2.26. The number of ether oxygens (including phenoxy) is 1. The normalized spacial score (nSPS) is 15.9. The zero-order chi connectivity index (χ0) is 22.6. The van der Waals surface area contributed by atoms with Crippen molar-refractivity contribution in [3.05, 3.63) is 77.9 Å². The molecule has 0 heterocycles. The average Bonchev–Trinajstić information content (AvgIpc) is 3.28. The zero-order valence-electron chi connectivity index (χ0n) is 18.3. The van der Waals surface area contributed by atoms with Crippen LogP contribution in [-0.4, -0.2) is 28.6 Å². The molecule has 0 unspecified atom stereocenters. The Balaban J connectivity index is 1.60. The number of amides is 1. The van der Waals surface area contributed by atoms with Gasteiger partial charge in [0, 0.05) is 5.39 Å². The summed E-state index contributed by atoms with van der Waals surface area (Å²) in [6.45, 7) is 2.00. The Bertz CT molecular complexity index is 1100. The minimum Gasteiger partial charge on any atom is -0.489 e. The van der Waals surface area contributed by atoms with Crippen LogP contribution in [0.1, 0.15) is 54.9 Å². The Hall–Kier alpha value is -3.34. The molecule has 0 aliphatic heterocycles. The number of nitrogens with one attached hydrogen (secondary N) is 1. The van der Waals surface area contributed by atoms with E-state index in [0.717, 1.165) is 36.5 Å². The summed E-state index contributed by atoms with van der Waals surface area (Å²) in [5.41, 5.74) is 0.421. The summed E-state index contributed by atoms with van der Waals surface area (Å²) in [6, 6.07) is 21.6. The van der Waals surface area contributed by atoms with Crippen LogP contribution in [-0.2, 0) is 11.2 Å². The van der Waals surface area contributed by atoms with Gasteiger partial charge in [0.1, 0.15) is 11.3 Å². The predicted octanol–water partition coefficient (Wildman–Crippen LogP) is 5.37. The first-order chi connectivity index (χ1) is 15.5. The van der Waals surface area contributed by atoms with Crippen molar-refractivity contribution < 1.29 is 19.4 Å². The van der Waals surface area contributed by atoms with Crippen LogP contribution in [0, 0.1) is 0 Å². The molecule has 0 saturated heterocycles. The minimum atomic E-state index is -1.20. The number of benzene rings is 3. The lowest BCUT2D eigenvalue weighted by molar-refractivity contribution is -0.144. The van der Waals surface area contributed by atoms with Gasteiger partial charge in [-0.15, -0.1) is 0 Å². The SMILES string of the molecule is C[C@H](CCc1ccccc1)Oc1c(C(=O)NC2(C(=O)O)CCCC2)ccc2ccccc12. The molecule has 5 heteroatoms. The van der Waals surface area contributed by atoms with Gasteiger partial charge in [-0.3, -0.25) is 4.79 Å². The number of fused-ring (bicyclic) bond motifs is 1. The van der Waals surface area contributed by atoms with Crippen molar-refractivity contribution >= 4 is 22.6 Å². The Morgan fingerprint density at radius 1 is 1.00 bits per heavy atom. The molecule has 0 aromatic heterocycles. The van der Waals surface area contributed by atoms with Gasteiger partial charge in [-0.05, 0) is 49.6 Å². The second kappa shape index (κ2) is 9.43. The van der Waals surface area contributed by atoms with Gasteiger partial charge >= 0.3 is 5.97 Å². The number of carboxylic acid groups (broad SMARTS) is 1. The molecule has 0 spiro atoms. The number of carbonyl (C=O) groups is 2. The number of carboxylic acids is 1. The lowest BCUT2D eigenvalue weighted by atomic mass is 9.96. The van der Waals surface area contributed by atoms with E-state index in [-0.39, 0.29) is 6.10 Å². The maximum Gasteiger partial charge on any atom is 0.329 e. The topological polar surface area (TPSA) is 75.6 Å². The number of hydrogen-bond acceptors (Lipinski definition) is 3. The number of aryl methyl sites for hydroxylation is 1. The molecule has 4 rings (SSSR count). The molecule has 3 aromatic carbocycles. The summed E-state index contributed by atoms with van der Waals surface area (Å²) in [7, 11) is 0. The van der Waals surface area contributed by atoms with E-state index in [1.165, 1.54) is 5.56 Å². The van der Waals surface area contributed by atoms with Gasteiger partial charge in [-0.1, -0.05) is 73.5 Å². The van der Waals surface area contributed by atoms with E-state index in [1.54, 1.807) is 6.07 Å². The Morgan fingerprint density at radius 2 is 1.69 bits per heavy atom. The summed E-state index contributed by atoms with van der Waals surface area (Å²) in [6.07, 6.45) is 4.04. The Labute approximate surface area is 188 Å². The highest BCUT2D eigenvalue weighted by atomic mass is 16.5. The molecule has 1 saturated carbocycles. The molecule has 3 aromatic rings. The minimum absolute atomic E-state index is 0.118. The van der Waals surface area contributed by atoms with Gasteiger partial charge in [0.15, 0.2) is 0 Å². The molecule has 0 radical (unpaired) electrons. The van der Waals surface area contributed by atoms with Crippen LogP contribution in [0.3, 0.4) is 0 Å². The van der Waals surface area contributed by atoms with Crippen LogP contribution in [0.25, 0.3) is 10.8 Å². The smallest absolute Gasteiger partial charge is 0.329 e. The molecule has 32 heavy (non-hydrogen) atoms. The fraction of sp³-hybridized carbons (Fsp3) is 0.333. The van der Waals surface area contributed by atoms with E-state index in [2.05, 4.69) is 17.4 Å². The monoisotopic (exact) mass is 431 g/mol. The molecule has 2 N–H and O–H groups in total. The molecule has 5 nitrogen and oxygen atoms in total. The number of aliphatic carboxylic acids is 1. The van der Waals surface area contributed by atoms with Crippen LogP contribution < -0.4 is 10.1 Å². The van der Waals surface area contributed by atoms with Crippen LogP contribution in [0.5, 0.6) is 5.75 Å². The highest BCUT2D eigenvalue weighted by Gasteiger charge is 2.43. The second-order valence-corrected chi connectivity index (χ2v) is 8.66. The van der Waals surface area contributed by atoms with Gasteiger partial charge in [0.25, 0.3) is 5.91 Å². The van der Waals surface area contributed by atoms with Gasteiger partial charge in [0.2, 0.25) is 0 Å². The molecular weight excluding hydrogens is 402 g/mol. The van der Waals surface area contributed by atoms with Crippen LogP contribution in [0.4, 0.5) is 0 Å². The standard InChI is InChI=1S/C27H29NO4/c1-19(13-14-20-9-3-2-4-10-20)32-24-22-12-6-5-11-21(22)15-16-23(24)25(29)28-27(26(30)31)17-7-8-18-27/h2-6,9-12,15-16,19H,7-8,13-14,17-18H2,1H3,(H,28,29)(H,30,31)/t19-/m1/s1. The van der Waals surface area contributed by atoms with E-state index in [0.29, 0.717) is 24.2 Å². The van der Waals surface area contributed by atoms with Crippen molar-refractivity contribution in [2.24, 2.45) is 0 Å². The van der Waals surface area contributed by atoms with Gasteiger partial charge in [-0.2, -0.15) is 0 Å². The van der Waals surface area contributed by atoms with Crippen molar-refractivity contribution in [2.45, 2.75) is 57.1 Å². The molecular formula is C27H29NO4. The third kappa shape index (κ3) is 4.62. The fourth-order valence-corrected chi connectivity index (χ4v) is 4.48. The summed E-state index contributed by atoms with van der Waals surface area (Å²) >= 11 is 0. The Morgan fingerprint density at radius 3 is 2.41 bits per heavy atom. The van der Waals surface area contributed by atoms with E-state index in [9.17, 15) is 14.7 Å². The van der Waals surface area contributed by atoms with Crippen molar-refractivity contribution in [3.8, 4) is 5.75 Å². The Kier molecular flexibility index (Phi) is 6.45.